The van der Waals surface area contributed by atoms with Gasteiger partial charge in [0.2, 0.25) is 0 Å². The zero-order valence-corrected chi connectivity index (χ0v) is 21.2. The van der Waals surface area contributed by atoms with Crippen molar-refractivity contribution in [1.29, 1.82) is 0 Å². The van der Waals surface area contributed by atoms with Crippen LogP contribution in [0.15, 0.2) is 77.3 Å². The first-order chi connectivity index (χ1) is 16.6. The molecular weight excluding hydrogens is 514 g/mol. The Kier molecular flexibility index (Phi) is 8.61. The van der Waals surface area contributed by atoms with Crippen LogP contribution in [0.2, 0.25) is 5.02 Å². The van der Waals surface area contributed by atoms with Gasteiger partial charge in [0, 0.05) is 23.0 Å². The average Bonchev–Trinajstić information content (AvgIpc) is 3.19. The molecule has 1 heterocycles. The lowest BCUT2D eigenvalue weighted by molar-refractivity contribution is 0.0953. The van der Waals surface area contributed by atoms with E-state index in [1.807, 2.05) is 66.7 Å². The van der Waals surface area contributed by atoms with Crippen LogP contribution >= 0.6 is 27.5 Å². The third-order valence-electron chi connectivity index (χ3n) is 5.59. The second-order valence-corrected chi connectivity index (χ2v) is 9.35. The molecule has 0 aliphatic rings. The van der Waals surface area contributed by atoms with Crippen LogP contribution in [0, 0.1) is 0 Å². The fraction of sp³-hybridized carbons (Fsp3) is 0.259. The van der Waals surface area contributed by atoms with Crippen molar-refractivity contribution in [2.24, 2.45) is 0 Å². The van der Waals surface area contributed by atoms with E-state index in [2.05, 4.69) is 31.9 Å². The fourth-order valence-corrected chi connectivity index (χ4v) is 4.48. The molecule has 3 aromatic carbocycles. The molecule has 0 fully saturated rings. The Bertz CT molecular complexity index is 1260. The van der Waals surface area contributed by atoms with Crippen molar-refractivity contribution < 1.29 is 9.53 Å². The van der Waals surface area contributed by atoms with E-state index in [4.69, 9.17) is 21.3 Å². The van der Waals surface area contributed by atoms with Crippen LogP contribution in [0.25, 0.3) is 11.0 Å². The van der Waals surface area contributed by atoms with Crippen molar-refractivity contribution in [3.8, 4) is 5.75 Å². The monoisotopic (exact) mass is 539 g/mol. The van der Waals surface area contributed by atoms with Gasteiger partial charge < -0.3 is 14.6 Å². The fourth-order valence-electron chi connectivity index (χ4n) is 3.89. The molecule has 4 aromatic rings. The number of rotatable bonds is 11. The number of hydrogen-bond donors (Lipinski definition) is 1. The predicted octanol–water partition coefficient (Wildman–Crippen LogP) is 6.67. The van der Waals surface area contributed by atoms with E-state index >= 15 is 0 Å². The maximum absolute atomic E-state index is 12.3. The van der Waals surface area contributed by atoms with E-state index in [1.165, 1.54) is 0 Å². The third-order valence-corrected chi connectivity index (χ3v) is 6.40. The lowest BCUT2D eigenvalue weighted by atomic mass is 10.1. The second kappa shape index (κ2) is 12.0. The van der Waals surface area contributed by atoms with Crippen LogP contribution in [0.3, 0.4) is 0 Å². The van der Waals surface area contributed by atoms with Crippen LogP contribution in [-0.2, 0) is 13.0 Å². The molecule has 0 aliphatic carbocycles. The highest BCUT2D eigenvalue weighted by molar-refractivity contribution is 9.10. The molecule has 0 saturated carbocycles. The number of aromatic nitrogens is 2. The summed E-state index contributed by atoms with van der Waals surface area (Å²) in [5.41, 5.74) is 2.78. The Morgan fingerprint density at radius 1 is 1.00 bits per heavy atom. The highest BCUT2D eigenvalue weighted by Crippen LogP contribution is 2.24. The smallest absolute Gasteiger partial charge is 0.251 e. The van der Waals surface area contributed by atoms with Crippen LogP contribution in [-0.4, -0.2) is 28.6 Å². The molecule has 34 heavy (non-hydrogen) atoms. The highest BCUT2D eigenvalue weighted by atomic mass is 79.9. The van der Waals surface area contributed by atoms with Gasteiger partial charge in [-0.2, -0.15) is 0 Å². The number of aryl methyl sites for hydroxylation is 1. The normalized spacial score (nSPS) is 11.0. The molecule has 1 aromatic heterocycles. The van der Waals surface area contributed by atoms with E-state index in [0.29, 0.717) is 36.0 Å². The zero-order chi connectivity index (χ0) is 23.8. The van der Waals surface area contributed by atoms with Gasteiger partial charge in [-0.1, -0.05) is 64.3 Å². The molecule has 4 rings (SSSR count). The van der Waals surface area contributed by atoms with Crippen LogP contribution in [0.4, 0.5) is 0 Å². The van der Waals surface area contributed by atoms with E-state index in [0.717, 1.165) is 47.0 Å². The van der Waals surface area contributed by atoms with Crippen molar-refractivity contribution >= 4 is 44.5 Å². The van der Waals surface area contributed by atoms with Gasteiger partial charge in [-0.05, 0) is 55.3 Å². The van der Waals surface area contributed by atoms with Crippen LogP contribution in [0.1, 0.15) is 35.4 Å². The van der Waals surface area contributed by atoms with Gasteiger partial charge in [-0.3, -0.25) is 4.79 Å². The third kappa shape index (κ3) is 6.39. The SMILES string of the molecule is O=C(NCCCCCc1nc2ccccc2n1CCOc1ccccc1Cl)c1cccc(Br)c1. The van der Waals surface area contributed by atoms with Gasteiger partial charge in [0.05, 0.1) is 22.6 Å². The first kappa shape index (κ1) is 24.3. The van der Waals surface area contributed by atoms with E-state index in [-0.39, 0.29) is 5.91 Å². The summed E-state index contributed by atoms with van der Waals surface area (Å²) in [6, 6.07) is 23.1. The number of carbonyl (C=O) groups excluding carboxylic acids is 1. The molecule has 0 unspecified atom stereocenters. The van der Waals surface area contributed by atoms with Gasteiger partial charge in [0.15, 0.2) is 0 Å². The summed E-state index contributed by atoms with van der Waals surface area (Å²) in [5, 5.41) is 3.61. The number of carbonyl (C=O) groups is 1. The van der Waals surface area contributed by atoms with Gasteiger partial charge in [0.25, 0.3) is 5.91 Å². The number of fused-ring (bicyclic) bond motifs is 1. The minimum Gasteiger partial charge on any atom is -0.490 e. The summed E-state index contributed by atoms with van der Waals surface area (Å²) in [6.45, 7) is 1.87. The van der Waals surface area contributed by atoms with E-state index in [9.17, 15) is 4.79 Å². The van der Waals surface area contributed by atoms with Gasteiger partial charge in [-0.25, -0.2) is 4.98 Å². The first-order valence-electron chi connectivity index (χ1n) is 11.5. The number of halogens is 2. The maximum Gasteiger partial charge on any atom is 0.251 e. The minimum absolute atomic E-state index is 0.0402. The van der Waals surface area contributed by atoms with Crippen molar-refractivity contribution in [3.05, 3.63) is 93.7 Å². The lowest BCUT2D eigenvalue weighted by Crippen LogP contribution is -2.24. The number of benzene rings is 3. The molecule has 176 valence electrons. The van der Waals surface area contributed by atoms with Gasteiger partial charge in [-0.15, -0.1) is 0 Å². The Balaban J connectivity index is 1.28. The molecule has 0 aliphatic heterocycles. The number of amides is 1. The Labute approximate surface area is 213 Å². The molecule has 1 amide bonds. The number of imidazole rings is 1. The summed E-state index contributed by atoms with van der Waals surface area (Å²) in [6.07, 6.45) is 3.81. The molecule has 5 nitrogen and oxygen atoms in total. The topological polar surface area (TPSA) is 56.2 Å². The molecular formula is C27H27BrClN3O2. The predicted molar refractivity (Wildman–Crippen MR) is 141 cm³/mol. The number of ether oxygens (including phenoxy) is 1. The van der Waals surface area contributed by atoms with Crippen molar-refractivity contribution in [3.63, 3.8) is 0 Å². The molecule has 1 N–H and O–H groups in total. The standard InChI is InChI=1S/C27H27BrClN3O2/c28-21-10-8-9-20(19-21)27(33)30-16-7-1-2-15-26-31-23-12-4-5-13-24(23)32(26)17-18-34-25-14-6-3-11-22(25)29/h3-6,8-14,19H,1-2,7,15-18H2,(H,30,33). The Hall–Kier alpha value is -2.83. The number of nitrogens with one attached hydrogen (secondary N) is 1. The van der Waals surface area contributed by atoms with Crippen molar-refractivity contribution in [2.75, 3.05) is 13.2 Å². The van der Waals surface area contributed by atoms with E-state index < -0.39 is 0 Å². The van der Waals surface area contributed by atoms with E-state index in [1.54, 1.807) is 0 Å². The second-order valence-electron chi connectivity index (χ2n) is 8.02. The molecule has 0 saturated heterocycles. The summed E-state index contributed by atoms with van der Waals surface area (Å²) in [4.78, 5) is 17.1. The molecule has 0 spiro atoms. The zero-order valence-electron chi connectivity index (χ0n) is 18.8. The summed E-state index contributed by atoms with van der Waals surface area (Å²) in [7, 11) is 0. The van der Waals surface area contributed by atoms with Crippen molar-refractivity contribution in [1.82, 2.24) is 14.9 Å². The van der Waals surface area contributed by atoms with Crippen LogP contribution in [0.5, 0.6) is 5.75 Å². The largest absolute Gasteiger partial charge is 0.490 e. The summed E-state index contributed by atoms with van der Waals surface area (Å²) >= 11 is 9.61. The van der Waals surface area contributed by atoms with Crippen molar-refractivity contribution in [2.45, 2.75) is 32.2 Å². The molecule has 0 bridgehead atoms. The molecule has 0 radical (unpaired) electrons. The average molecular weight is 541 g/mol. The number of hydrogen-bond acceptors (Lipinski definition) is 3. The Morgan fingerprint density at radius 3 is 2.68 bits per heavy atom. The summed E-state index contributed by atoms with van der Waals surface area (Å²) < 4.78 is 9.05. The molecule has 7 heteroatoms. The number of para-hydroxylation sites is 3. The minimum atomic E-state index is -0.0402. The lowest BCUT2D eigenvalue weighted by Gasteiger charge is -2.12. The number of unbranched alkanes of at least 4 members (excludes halogenated alkanes) is 2. The summed E-state index contributed by atoms with van der Waals surface area (Å²) in [5.74, 6) is 1.71. The van der Waals surface area contributed by atoms with Gasteiger partial charge >= 0.3 is 0 Å². The highest BCUT2D eigenvalue weighted by Gasteiger charge is 2.11. The first-order valence-corrected chi connectivity index (χ1v) is 12.6. The van der Waals surface area contributed by atoms with Gasteiger partial charge in [0.1, 0.15) is 18.2 Å². The Morgan fingerprint density at radius 2 is 1.82 bits per heavy atom. The molecule has 0 atom stereocenters. The quantitative estimate of drug-likeness (QED) is 0.216. The maximum atomic E-state index is 12.3. The number of nitrogens with zero attached hydrogens (tertiary/aromatic N) is 2. The van der Waals surface area contributed by atoms with Crippen LogP contribution < -0.4 is 10.1 Å².